The lowest BCUT2D eigenvalue weighted by Crippen LogP contribution is -2.16. The van der Waals surface area contributed by atoms with Gasteiger partial charge in [0, 0.05) is 24.0 Å². The van der Waals surface area contributed by atoms with Crippen LogP contribution in [0, 0.1) is 6.92 Å². The van der Waals surface area contributed by atoms with Gasteiger partial charge in [-0.15, -0.1) is 0 Å². The van der Waals surface area contributed by atoms with Crippen LogP contribution in [0.25, 0.3) is 0 Å². The molecule has 20 heavy (non-hydrogen) atoms. The van der Waals surface area contributed by atoms with Crippen LogP contribution in [0.15, 0.2) is 24.4 Å². The molecule has 0 aliphatic heterocycles. The number of aromatic carboxylic acids is 1. The average molecular weight is 294 g/mol. The zero-order valence-corrected chi connectivity index (χ0v) is 11.6. The van der Waals surface area contributed by atoms with Crippen LogP contribution in [-0.4, -0.2) is 26.8 Å². The van der Waals surface area contributed by atoms with Gasteiger partial charge in [-0.1, -0.05) is 17.7 Å². The van der Waals surface area contributed by atoms with Crippen molar-refractivity contribution in [3.05, 3.63) is 46.2 Å². The van der Waals surface area contributed by atoms with Gasteiger partial charge in [0.2, 0.25) is 0 Å². The van der Waals surface area contributed by atoms with Gasteiger partial charge in [0.15, 0.2) is 5.69 Å². The molecule has 0 unspecified atom stereocenters. The molecule has 0 aliphatic rings. The lowest BCUT2D eigenvalue weighted by molar-refractivity contribution is 0.0685. The van der Waals surface area contributed by atoms with Crippen molar-refractivity contribution in [2.75, 3.05) is 5.32 Å². The maximum absolute atomic E-state index is 12.1. The second-order valence-electron chi connectivity index (χ2n) is 4.24. The van der Waals surface area contributed by atoms with Crippen LogP contribution >= 0.6 is 11.6 Å². The Hall–Kier alpha value is -2.34. The lowest BCUT2D eigenvalue weighted by Gasteiger charge is -2.08. The smallest absolute Gasteiger partial charge is 0.357 e. The Morgan fingerprint density at radius 1 is 1.40 bits per heavy atom. The number of amides is 1. The highest BCUT2D eigenvalue weighted by Crippen LogP contribution is 2.23. The van der Waals surface area contributed by atoms with Gasteiger partial charge in [-0.05, 0) is 24.6 Å². The summed E-state index contributed by atoms with van der Waals surface area (Å²) >= 11 is 5.97. The van der Waals surface area contributed by atoms with Crippen molar-refractivity contribution >= 4 is 29.2 Å². The van der Waals surface area contributed by atoms with Crippen LogP contribution in [0.2, 0.25) is 5.02 Å². The lowest BCUT2D eigenvalue weighted by atomic mass is 10.1. The van der Waals surface area contributed by atoms with Gasteiger partial charge >= 0.3 is 5.97 Å². The molecule has 2 N–H and O–H groups in total. The highest BCUT2D eigenvalue weighted by atomic mass is 35.5. The van der Waals surface area contributed by atoms with Crippen LogP contribution in [0.4, 0.5) is 5.69 Å². The van der Waals surface area contributed by atoms with Gasteiger partial charge in [0.05, 0.1) is 5.56 Å². The molecule has 7 heteroatoms. The normalized spacial score (nSPS) is 10.3. The van der Waals surface area contributed by atoms with Gasteiger partial charge in [-0.3, -0.25) is 9.48 Å². The predicted molar refractivity (Wildman–Crippen MR) is 74.3 cm³/mol. The van der Waals surface area contributed by atoms with Crippen molar-refractivity contribution in [3.63, 3.8) is 0 Å². The molecule has 6 nitrogen and oxygen atoms in total. The zero-order chi connectivity index (χ0) is 14.9. The number of anilines is 1. The number of nitrogens with one attached hydrogen (secondary N) is 1. The molecule has 1 aromatic heterocycles. The summed E-state index contributed by atoms with van der Waals surface area (Å²) in [7, 11) is 1.55. The standard InChI is InChI=1S/C13H12ClN3O3/c1-7-9(14)4-3-5-10(7)15-12(18)8-6-17(2)16-11(8)13(19)20/h3-6H,1-2H3,(H,15,18)(H,19,20). The van der Waals surface area contributed by atoms with E-state index >= 15 is 0 Å². The van der Waals surface area contributed by atoms with E-state index in [1.807, 2.05) is 0 Å². The fraction of sp³-hybridized carbons (Fsp3) is 0.154. The number of benzene rings is 1. The summed E-state index contributed by atoms with van der Waals surface area (Å²) in [6.07, 6.45) is 1.36. The molecule has 2 rings (SSSR count). The zero-order valence-electron chi connectivity index (χ0n) is 10.8. The number of aromatic nitrogens is 2. The van der Waals surface area contributed by atoms with Crippen LogP contribution in [0.1, 0.15) is 26.4 Å². The molecular formula is C13H12ClN3O3. The number of hydrogen-bond acceptors (Lipinski definition) is 3. The second-order valence-corrected chi connectivity index (χ2v) is 4.64. The highest BCUT2D eigenvalue weighted by Gasteiger charge is 2.21. The van der Waals surface area contributed by atoms with E-state index in [1.165, 1.54) is 10.9 Å². The summed E-state index contributed by atoms with van der Waals surface area (Å²) in [6, 6.07) is 5.10. The molecule has 0 aliphatic carbocycles. The number of nitrogens with zero attached hydrogens (tertiary/aromatic N) is 2. The first kappa shape index (κ1) is 14.1. The summed E-state index contributed by atoms with van der Waals surface area (Å²) in [6.45, 7) is 1.76. The minimum atomic E-state index is -1.25. The number of halogens is 1. The second kappa shape index (κ2) is 5.34. The number of aryl methyl sites for hydroxylation is 1. The molecule has 104 valence electrons. The first-order chi connectivity index (χ1) is 9.40. The summed E-state index contributed by atoms with van der Waals surface area (Å²) in [5.74, 6) is -1.79. The van der Waals surface area contributed by atoms with Gasteiger partial charge in [-0.25, -0.2) is 4.79 Å². The summed E-state index contributed by atoms with van der Waals surface area (Å²) in [5.41, 5.74) is 0.954. The number of carboxylic acid groups (broad SMARTS) is 1. The fourth-order valence-electron chi connectivity index (χ4n) is 1.75. The largest absolute Gasteiger partial charge is 0.476 e. The maximum Gasteiger partial charge on any atom is 0.357 e. The first-order valence-corrected chi connectivity index (χ1v) is 6.11. The van der Waals surface area contributed by atoms with Crippen molar-refractivity contribution in [1.29, 1.82) is 0 Å². The third kappa shape index (κ3) is 2.65. The van der Waals surface area contributed by atoms with E-state index in [-0.39, 0.29) is 11.3 Å². The third-order valence-corrected chi connectivity index (χ3v) is 3.20. The number of carbonyl (C=O) groups excluding carboxylic acids is 1. The summed E-state index contributed by atoms with van der Waals surface area (Å²) < 4.78 is 1.28. The molecule has 2 aromatic rings. The maximum atomic E-state index is 12.1. The summed E-state index contributed by atoms with van der Waals surface area (Å²) in [4.78, 5) is 23.2. The third-order valence-electron chi connectivity index (χ3n) is 2.79. The highest BCUT2D eigenvalue weighted by molar-refractivity contribution is 6.31. The van der Waals surface area contributed by atoms with E-state index in [0.29, 0.717) is 16.3 Å². The minimum Gasteiger partial charge on any atom is -0.476 e. The van der Waals surface area contributed by atoms with Gasteiger partial charge in [0.1, 0.15) is 0 Å². The van der Waals surface area contributed by atoms with Gasteiger partial charge < -0.3 is 10.4 Å². The quantitative estimate of drug-likeness (QED) is 0.909. The Balaban J connectivity index is 2.33. The van der Waals surface area contributed by atoms with Crippen molar-refractivity contribution in [3.8, 4) is 0 Å². The topological polar surface area (TPSA) is 84.2 Å². The van der Waals surface area contributed by atoms with Crippen molar-refractivity contribution in [2.45, 2.75) is 6.92 Å². The van der Waals surface area contributed by atoms with E-state index in [1.54, 1.807) is 32.2 Å². The molecular weight excluding hydrogens is 282 g/mol. The van der Waals surface area contributed by atoms with E-state index in [9.17, 15) is 9.59 Å². The number of carboxylic acids is 1. The van der Waals surface area contributed by atoms with Crippen molar-refractivity contribution < 1.29 is 14.7 Å². The Bertz CT molecular complexity index is 694. The number of hydrogen-bond donors (Lipinski definition) is 2. The Morgan fingerprint density at radius 2 is 2.10 bits per heavy atom. The van der Waals surface area contributed by atoms with E-state index in [4.69, 9.17) is 16.7 Å². The van der Waals surface area contributed by atoms with Crippen LogP contribution < -0.4 is 5.32 Å². The fourth-order valence-corrected chi connectivity index (χ4v) is 1.92. The molecule has 1 heterocycles. The number of carbonyl (C=O) groups is 2. The Morgan fingerprint density at radius 3 is 2.75 bits per heavy atom. The van der Waals surface area contributed by atoms with Crippen molar-refractivity contribution in [2.24, 2.45) is 7.05 Å². The average Bonchev–Trinajstić information content (AvgIpc) is 2.77. The van der Waals surface area contributed by atoms with E-state index in [0.717, 1.165) is 0 Å². The Labute approximate surface area is 120 Å². The van der Waals surface area contributed by atoms with Gasteiger partial charge in [0.25, 0.3) is 5.91 Å². The molecule has 0 fully saturated rings. The molecule has 0 bridgehead atoms. The van der Waals surface area contributed by atoms with Crippen molar-refractivity contribution in [1.82, 2.24) is 9.78 Å². The first-order valence-electron chi connectivity index (χ1n) is 5.73. The van der Waals surface area contributed by atoms with Gasteiger partial charge in [-0.2, -0.15) is 5.10 Å². The monoisotopic (exact) mass is 293 g/mol. The van der Waals surface area contributed by atoms with Crippen LogP contribution in [0.5, 0.6) is 0 Å². The molecule has 0 spiro atoms. The molecule has 1 aromatic carbocycles. The molecule has 0 saturated heterocycles. The minimum absolute atomic E-state index is 0.000578. The molecule has 0 atom stereocenters. The Kier molecular flexibility index (Phi) is 3.76. The summed E-state index contributed by atoms with van der Waals surface area (Å²) in [5, 5.41) is 15.9. The molecule has 0 saturated carbocycles. The molecule has 1 amide bonds. The van der Waals surface area contributed by atoms with Crippen LogP contribution in [-0.2, 0) is 7.05 Å². The van der Waals surface area contributed by atoms with E-state index in [2.05, 4.69) is 10.4 Å². The van der Waals surface area contributed by atoms with Crippen LogP contribution in [0.3, 0.4) is 0 Å². The molecule has 0 radical (unpaired) electrons. The number of rotatable bonds is 3. The predicted octanol–water partition coefficient (Wildman–Crippen LogP) is 2.33. The van der Waals surface area contributed by atoms with E-state index < -0.39 is 11.9 Å². The SMILES string of the molecule is Cc1c(Cl)cccc1NC(=O)c1cn(C)nc1C(=O)O.